The lowest BCUT2D eigenvalue weighted by molar-refractivity contribution is -0.142. The second-order valence-electron chi connectivity index (χ2n) is 5.63. The van der Waals surface area contributed by atoms with E-state index in [4.69, 9.17) is 0 Å². The van der Waals surface area contributed by atoms with Crippen LogP contribution in [0, 0.1) is 0 Å². The summed E-state index contributed by atoms with van der Waals surface area (Å²) >= 11 is 1.46. The number of nitrogens with one attached hydrogen (secondary N) is 1. The first-order valence-corrected chi connectivity index (χ1v) is 7.80. The number of hydrogen-bond donors (Lipinski definition) is 2. The summed E-state index contributed by atoms with van der Waals surface area (Å²) in [5, 5.41) is 15.0. The molecule has 6 heteroatoms. The molecule has 0 aliphatic heterocycles. The summed E-state index contributed by atoms with van der Waals surface area (Å²) in [5.41, 5.74) is -0.336. The summed E-state index contributed by atoms with van der Waals surface area (Å²) < 4.78 is 0. The summed E-state index contributed by atoms with van der Waals surface area (Å²) in [7, 11) is 2.11. The molecule has 1 atom stereocenters. The molecule has 1 aromatic rings. The van der Waals surface area contributed by atoms with Gasteiger partial charge >= 0.3 is 5.97 Å². The maximum atomic E-state index is 11.2. The minimum absolute atomic E-state index is 0.564. The first-order chi connectivity index (χ1) is 9.28. The highest BCUT2D eigenvalue weighted by molar-refractivity contribution is 7.13. The summed E-state index contributed by atoms with van der Waals surface area (Å²) in [6.07, 6.45) is 1.13. The Morgan fingerprint density at radius 1 is 1.60 bits per heavy atom. The Hall–Kier alpha value is -1.14. The number of rotatable bonds is 8. The Morgan fingerprint density at radius 3 is 2.80 bits per heavy atom. The van der Waals surface area contributed by atoms with Crippen LogP contribution in [0.25, 0.3) is 0 Å². The highest BCUT2D eigenvalue weighted by Gasteiger charge is 2.32. The highest BCUT2D eigenvalue weighted by Crippen LogP contribution is 2.27. The van der Waals surface area contributed by atoms with E-state index in [1.807, 2.05) is 5.38 Å². The second kappa shape index (κ2) is 7.04. The van der Waals surface area contributed by atoms with Gasteiger partial charge in [-0.2, -0.15) is 0 Å². The van der Waals surface area contributed by atoms with E-state index in [1.165, 1.54) is 11.3 Å². The Morgan fingerprint density at radius 2 is 2.25 bits per heavy atom. The predicted octanol–water partition coefficient (Wildman–Crippen LogP) is 2.65. The minimum atomic E-state index is -0.941. The van der Waals surface area contributed by atoms with Crippen LogP contribution in [-0.2, 0) is 10.2 Å². The number of anilines is 1. The van der Waals surface area contributed by atoms with E-state index in [0.29, 0.717) is 11.7 Å². The number of carbonyl (C=O) groups is 1. The SMILES string of the molecule is CCC(C)N(C)CCNc1nc(C(C)(C)C(=O)O)cs1. The van der Waals surface area contributed by atoms with Crippen LogP contribution in [0.15, 0.2) is 5.38 Å². The molecule has 114 valence electrons. The van der Waals surface area contributed by atoms with Crippen molar-refractivity contribution in [3.05, 3.63) is 11.1 Å². The van der Waals surface area contributed by atoms with Crippen LogP contribution in [0.4, 0.5) is 5.13 Å². The molecule has 0 radical (unpaired) electrons. The average molecular weight is 299 g/mol. The van der Waals surface area contributed by atoms with E-state index >= 15 is 0 Å². The topological polar surface area (TPSA) is 65.5 Å². The zero-order chi connectivity index (χ0) is 15.3. The molecule has 0 aromatic carbocycles. The molecule has 1 heterocycles. The fourth-order valence-electron chi connectivity index (χ4n) is 1.62. The molecule has 0 amide bonds. The number of hydrogen-bond acceptors (Lipinski definition) is 5. The third kappa shape index (κ3) is 4.18. The van der Waals surface area contributed by atoms with Crippen molar-refractivity contribution in [1.82, 2.24) is 9.88 Å². The van der Waals surface area contributed by atoms with Gasteiger partial charge in [-0.1, -0.05) is 6.92 Å². The van der Waals surface area contributed by atoms with E-state index in [0.717, 1.165) is 24.6 Å². The number of thiazole rings is 1. The zero-order valence-corrected chi connectivity index (χ0v) is 13.8. The average Bonchev–Trinajstić information content (AvgIpc) is 2.86. The van der Waals surface area contributed by atoms with Gasteiger partial charge in [-0.15, -0.1) is 11.3 Å². The fourth-order valence-corrected chi connectivity index (χ4v) is 2.53. The second-order valence-corrected chi connectivity index (χ2v) is 6.49. The highest BCUT2D eigenvalue weighted by atomic mass is 32.1. The molecular formula is C14H25N3O2S. The van der Waals surface area contributed by atoms with Gasteiger partial charge in [0.25, 0.3) is 0 Å². The first kappa shape index (κ1) is 16.9. The van der Waals surface area contributed by atoms with E-state index in [9.17, 15) is 9.90 Å². The smallest absolute Gasteiger partial charge is 0.315 e. The lowest BCUT2D eigenvalue weighted by Gasteiger charge is -2.23. The molecule has 0 saturated heterocycles. The van der Waals surface area contributed by atoms with Crippen molar-refractivity contribution >= 4 is 22.4 Å². The van der Waals surface area contributed by atoms with Gasteiger partial charge in [-0.25, -0.2) is 4.98 Å². The summed E-state index contributed by atoms with van der Waals surface area (Å²) in [6.45, 7) is 9.47. The van der Waals surface area contributed by atoms with Crippen LogP contribution in [0.5, 0.6) is 0 Å². The molecule has 0 fully saturated rings. The van der Waals surface area contributed by atoms with Gasteiger partial charge in [0.05, 0.1) is 5.69 Å². The maximum absolute atomic E-state index is 11.2. The molecule has 0 aliphatic carbocycles. The van der Waals surface area contributed by atoms with Gasteiger partial charge in [0, 0.05) is 24.5 Å². The monoisotopic (exact) mass is 299 g/mol. The molecule has 1 rings (SSSR count). The minimum Gasteiger partial charge on any atom is -0.481 e. The zero-order valence-electron chi connectivity index (χ0n) is 12.9. The summed E-state index contributed by atoms with van der Waals surface area (Å²) in [5.74, 6) is -0.856. The Labute approximate surface area is 125 Å². The lowest BCUT2D eigenvalue weighted by Crippen LogP contribution is -2.32. The van der Waals surface area contributed by atoms with Crippen molar-refractivity contribution in [2.75, 3.05) is 25.5 Å². The molecule has 20 heavy (non-hydrogen) atoms. The number of carboxylic acid groups (broad SMARTS) is 1. The van der Waals surface area contributed by atoms with E-state index < -0.39 is 11.4 Å². The molecule has 5 nitrogen and oxygen atoms in total. The number of nitrogens with zero attached hydrogens (tertiary/aromatic N) is 2. The predicted molar refractivity (Wildman–Crippen MR) is 83.6 cm³/mol. The van der Waals surface area contributed by atoms with Gasteiger partial charge in [0.2, 0.25) is 0 Å². The van der Waals surface area contributed by atoms with Crippen molar-refractivity contribution in [1.29, 1.82) is 0 Å². The third-order valence-electron chi connectivity index (χ3n) is 3.76. The van der Waals surface area contributed by atoms with Crippen LogP contribution in [0.2, 0.25) is 0 Å². The first-order valence-electron chi connectivity index (χ1n) is 6.92. The summed E-state index contributed by atoms with van der Waals surface area (Å²) in [6, 6.07) is 0.564. The normalized spacial score (nSPS) is 13.5. The van der Waals surface area contributed by atoms with Crippen LogP contribution < -0.4 is 5.32 Å². The molecule has 1 aromatic heterocycles. The van der Waals surface area contributed by atoms with Crippen LogP contribution in [0.1, 0.15) is 39.8 Å². The number of likely N-dealkylation sites (N-methyl/N-ethyl adjacent to an activating group) is 1. The molecule has 2 N–H and O–H groups in total. The fraction of sp³-hybridized carbons (Fsp3) is 0.714. The third-order valence-corrected chi connectivity index (χ3v) is 4.56. The van der Waals surface area contributed by atoms with Gasteiger partial charge in [-0.3, -0.25) is 4.79 Å². The number of aromatic nitrogens is 1. The van der Waals surface area contributed by atoms with Crippen molar-refractivity contribution < 1.29 is 9.90 Å². The molecule has 0 aliphatic rings. The van der Waals surface area contributed by atoms with Gasteiger partial charge < -0.3 is 15.3 Å². The molecule has 0 bridgehead atoms. The van der Waals surface area contributed by atoms with Crippen molar-refractivity contribution in [2.24, 2.45) is 0 Å². The van der Waals surface area contributed by atoms with E-state index in [-0.39, 0.29) is 0 Å². The van der Waals surface area contributed by atoms with Gasteiger partial charge in [-0.05, 0) is 34.2 Å². The van der Waals surface area contributed by atoms with Crippen LogP contribution in [0.3, 0.4) is 0 Å². The molecule has 0 saturated carbocycles. The quantitative estimate of drug-likeness (QED) is 0.772. The number of aliphatic carboxylic acids is 1. The van der Waals surface area contributed by atoms with Crippen molar-refractivity contribution in [3.63, 3.8) is 0 Å². The van der Waals surface area contributed by atoms with Gasteiger partial charge in [0.15, 0.2) is 5.13 Å². The lowest BCUT2D eigenvalue weighted by atomic mass is 9.90. The van der Waals surface area contributed by atoms with Crippen molar-refractivity contribution in [3.8, 4) is 0 Å². The maximum Gasteiger partial charge on any atom is 0.315 e. The standard InChI is InChI=1S/C14H25N3O2S/c1-6-10(2)17(5)8-7-15-13-16-11(9-20-13)14(3,4)12(18)19/h9-10H,6-8H2,1-5H3,(H,15,16)(H,18,19). The van der Waals surface area contributed by atoms with E-state index in [1.54, 1.807) is 13.8 Å². The number of carboxylic acids is 1. The van der Waals surface area contributed by atoms with Crippen LogP contribution >= 0.6 is 11.3 Å². The van der Waals surface area contributed by atoms with E-state index in [2.05, 4.69) is 36.1 Å². The Bertz CT molecular complexity index is 445. The molecular weight excluding hydrogens is 274 g/mol. The van der Waals surface area contributed by atoms with Crippen molar-refractivity contribution in [2.45, 2.75) is 45.6 Å². The molecule has 1 unspecified atom stereocenters. The Balaban J connectivity index is 2.51. The largest absolute Gasteiger partial charge is 0.481 e. The van der Waals surface area contributed by atoms with Gasteiger partial charge in [0.1, 0.15) is 5.41 Å². The van der Waals surface area contributed by atoms with Crippen LogP contribution in [-0.4, -0.2) is 47.1 Å². The molecule has 0 spiro atoms. The summed E-state index contributed by atoms with van der Waals surface area (Å²) in [4.78, 5) is 17.8. The Kier molecular flexibility index (Phi) is 5.95.